The number of amides is 1. The molecule has 4 heteroatoms. The molecule has 1 aromatic rings. The van der Waals surface area contributed by atoms with E-state index in [4.69, 9.17) is 10.5 Å². The minimum Gasteiger partial charge on any atom is -0.487 e. The van der Waals surface area contributed by atoms with Crippen LogP contribution >= 0.6 is 0 Å². The molecule has 1 fully saturated rings. The molecule has 0 spiro atoms. The second kappa shape index (κ2) is 6.27. The summed E-state index contributed by atoms with van der Waals surface area (Å²) in [6.07, 6.45) is 6.19. The molecule has 3 N–H and O–H groups in total. The van der Waals surface area contributed by atoms with E-state index in [1.54, 1.807) is 24.3 Å². The van der Waals surface area contributed by atoms with Gasteiger partial charge in [-0.2, -0.15) is 0 Å². The normalized spacial score (nSPS) is 15.2. The van der Waals surface area contributed by atoms with Crippen molar-refractivity contribution in [2.45, 2.75) is 31.7 Å². The van der Waals surface area contributed by atoms with Crippen molar-refractivity contribution in [1.29, 1.82) is 0 Å². The van der Waals surface area contributed by atoms with Crippen molar-refractivity contribution in [2.75, 3.05) is 12.3 Å². The van der Waals surface area contributed by atoms with Gasteiger partial charge in [-0.1, -0.05) is 25.5 Å². The first kappa shape index (κ1) is 13.5. The highest BCUT2D eigenvalue weighted by atomic mass is 16.5. The Morgan fingerprint density at radius 2 is 2.21 bits per heavy atom. The van der Waals surface area contributed by atoms with Crippen molar-refractivity contribution in [2.24, 2.45) is 0 Å². The van der Waals surface area contributed by atoms with E-state index >= 15 is 0 Å². The van der Waals surface area contributed by atoms with Crippen LogP contribution in [0.5, 0.6) is 5.75 Å². The third kappa shape index (κ3) is 3.50. The fourth-order valence-electron chi connectivity index (χ4n) is 2.31. The number of nitrogen functional groups attached to an aromatic ring is 1. The smallest absolute Gasteiger partial charge is 0.251 e. The van der Waals surface area contributed by atoms with Crippen molar-refractivity contribution in [3.63, 3.8) is 0 Å². The number of anilines is 1. The van der Waals surface area contributed by atoms with Crippen LogP contribution in [0.1, 0.15) is 36.0 Å². The van der Waals surface area contributed by atoms with Gasteiger partial charge >= 0.3 is 0 Å². The molecule has 0 aliphatic heterocycles. The van der Waals surface area contributed by atoms with Crippen molar-refractivity contribution < 1.29 is 9.53 Å². The molecule has 1 aromatic carbocycles. The fraction of sp³-hybridized carbons (Fsp3) is 0.400. The maximum absolute atomic E-state index is 12.1. The summed E-state index contributed by atoms with van der Waals surface area (Å²) in [5.41, 5.74) is 6.92. The van der Waals surface area contributed by atoms with Crippen LogP contribution in [0.15, 0.2) is 30.9 Å². The third-order valence-electron chi connectivity index (χ3n) is 3.32. The predicted molar refractivity (Wildman–Crippen MR) is 76.3 cm³/mol. The van der Waals surface area contributed by atoms with Gasteiger partial charge in [-0.3, -0.25) is 4.79 Å². The summed E-state index contributed by atoms with van der Waals surface area (Å²) in [5, 5.41) is 3.03. The molecule has 102 valence electrons. The molecule has 0 radical (unpaired) electrons. The number of rotatable bonds is 5. The number of carbonyl (C=O) groups excluding carboxylic acids is 1. The summed E-state index contributed by atoms with van der Waals surface area (Å²) in [6.45, 7) is 3.98. The Kier molecular flexibility index (Phi) is 4.44. The molecule has 0 aromatic heterocycles. The van der Waals surface area contributed by atoms with E-state index in [2.05, 4.69) is 11.9 Å². The first-order chi connectivity index (χ1) is 9.20. The summed E-state index contributed by atoms with van der Waals surface area (Å²) < 4.78 is 5.38. The summed E-state index contributed by atoms with van der Waals surface area (Å²) in [4.78, 5) is 12.1. The van der Waals surface area contributed by atoms with E-state index in [0.29, 0.717) is 29.6 Å². The van der Waals surface area contributed by atoms with Gasteiger partial charge in [0.15, 0.2) is 0 Å². The zero-order valence-electron chi connectivity index (χ0n) is 11.0. The minimum absolute atomic E-state index is 0.0612. The van der Waals surface area contributed by atoms with Gasteiger partial charge in [0.25, 0.3) is 5.91 Å². The van der Waals surface area contributed by atoms with E-state index < -0.39 is 0 Å². The number of hydrogen-bond donors (Lipinski definition) is 2. The molecule has 1 saturated carbocycles. The minimum atomic E-state index is -0.0612. The third-order valence-corrected chi connectivity index (χ3v) is 3.32. The Hall–Kier alpha value is -1.97. The lowest BCUT2D eigenvalue weighted by atomic mass is 10.1. The number of benzene rings is 1. The van der Waals surface area contributed by atoms with E-state index in [0.717, 1.165) is 12.8 Å². The van der Waals surface area contributed by atoms with Crippen LogP contribution in [0.4, 0.5) is 5.69 Å². The highest BCUT2D eigenvalue weighted by Crippen LogP contribution is 2.23. The molecule has 19 heavy (non-hydrogen) atoms. The average Bonchev–Trinajstić information content (AvgIpc) is 2.90. The summed E-state index contributed by atoms with van der Waals surface area (Å²) in [7, 11) is 0. The maximum Gasteiger partial charge on any atom is 0.251 e. The van der Waals surface area contributed by atoms with Crippen LogP contribution in [-0.4, -0.2) is 18.6 Å². The van der Waals surface area contributed by atoms with Gasteiger partial charge < -0.3 is 15.8 Å². The van der Waals surface area contributed by atoms with Gasteiger partial charge in [-0.25, -0.2) is 0 Å². The quantitative estimate of drug-likeness (QED) is 0.631. The van der Waals surface area contributed by atoms with Gasteiger partial charge in [-0.05, 0) is 31.0 Å². The molecule has 1 amide bonds. The summed E-state index contributed by atoms with van der Waals surface area (Å²) >= 11 is 0. The maximum atomic E-state index is 12.1. The summed E-state index contributed by atoms with van der Waals surface area (Å²) in [5.74, 6) is 0.520. The number of carbonyl (C=O) groups is 1. The molecular weight excluding hydrogens is 240 g/mol. The zero-order chi connectivity index (χ0) is 13.7. The van der Waals surface area contributed by atoms with Crippen LogP contribution in [0, 0.1) is 0 Å². The van der Waals surface area contributed by atoms with Gasteiger partial charge in [0, 0.05) is 11.6 Å². The molecule has 4 nitrogen and oxygen atoms in total. The lowest BCUT2D eigenvalue weighted by molar-refractivity contribution is 0.0938. The first-order valence-electron chi connectivity index (χ1n) is 6.65. The second-order valence-corrected chi connectivity index (χ2v) is 4.81. The topological polar surface area (TPSA) is 64.3 Å². The Balaban J connectivity index is 2.01. The highest BCUT2D eigenvalue weighted by Gasteiger charge is 2.18. The first-order valence-corrected chi connectivity index (χ1v) is 6.65. The Bertz CT molecular complexity index is 465. The van der Waals surface area contributed by atoms with Crippen molar-refractivity contribution in [3.8, 4) is 5.75 Å². The average molecular weight is 260 g/mol. The SMILES string of the molecule is C=CCOc1ccc(C(=O)NC2CCCC2)cc1N. The van der Waals surface area contributed by atoms with Gasteiger partial charge in [0.1, 0.15) is 12.4 Å². The van der Waals surface area contributed by atoms with Gasteiger partial charge in [0.2, 0.25) is 0 Å². The molecule has 0 unspecified atom stereocenters. The van der Waals surface area contributed by atoms with Crippen LogP contribution < -0.4 is 15.8 Å². The molecule has 1 aliphatic rings. The lowest BCUT2D eigenvalue weighted by Crippen LogP contribution is -2.32. The van der Waals surface area contributed by atoms with Crippen LogP contribution in [0.2, 0.25) is 0 Å². The number of nitrogens with two attached hydrogens (primary N) is 1. The number of hydrogen-bond acceptors (Lipinski definition) is 3. The van der Waals surface area contributed by atoms with E-state index in [1.807, 2.05) is 0 Å². The van der Waals surface area contributed by atoms with Crippen LogP contribution in [-0.2, 0) is 0 Å². The highest BCUT2D eigenvalue weighted by molar-refractivity contribution is 5.95. The second-order valence-electron chi connectivity index (χ2n) is 4.81. The molecule has 2 rings (SSSR count). The number of ether oxygens (including phenoxy) is 1. The Labute approximate surface area is 113 Å². The molecule has 0 saturated heterocycles. The van der Waals surface area contributed by atoms with Crippen molar-refractivity contribution >= 4 is 11.6 Å². The molecular formula is C15H20N2O2. The summed E-state index contributed by atoms with van der Waals surface area (Å²) in [6, 6.07) is 5.43. The molecule has 0 atom stereocenters. The standard InChI is InChI=1S/C15H20N2O2/c1-2-9-19-14-8-7-11(10-13(14)16)15(18)17-12-5-3-4-6-12/h2,7-8,10,12H,1,3-6,9,16H2,(H,17,18). The van der Waals surface area contributed by atoms with Crippen molar-refractivity contribution in [3.05, 3.63) is 36.4 Å². The fourth-order valence-corrected chi connectivity index (χ4v) is 2.31. The molecule has 1 aliphatic carbocycles. The number of nitrogens with one attached hydrogen (secondary N) is 1. The van der Waals surface area contributed by atoms with Crippen molar-refractivity contribution in [1.82, 2.24) is 5.32 Å². The van der Waals surface area contributed by atoms with E-state index in [-0.39, 0.29) is 5.91 Å². The van der Waals surface area contributed by atoms with E-state index in [9.17, 15) is 4.79 Å². The lowest BCUT2D eigenvalue weighted by Gasteiger charge is -2.13. The Morgan fingerprint density at radius 3 is 2.84 bits per heavy atom. The molecule has 0 bridgehead atoms. The molecule has 0 heterocycles. The monoisotopic (exact) mass is 260 g/mol. The van der Waals surface area contributed by atoms with Gasteiger partial charge in [-0.15, -0.1) is 0 Å². The van der Waals surface area contributed by atoms with Gasteiger partial charge in [0.05, 0.1) is 5.69 Å². The zero-order valence-corrected chi connectivity index (χ0v) is 11.0. The Morgan fingerprint density at radius 1 is 1.47 bits per heavy atom. The predicted octanol–water partition coefficient (Wildman–Crippen LogP) is 2.51. The van der Waals surface area contributed by atoms with Crippen LogP contribution in [0.25, 0.3) is 0 Å². The largest absolute Gasteiger partial charge is 0.487 e. The van der Waals surface area contributed by atoms with Crippen LogP contribution in [0.3, 0.4) is 0 Å². The van der Waals surface area contributed by atoms with E-state index in [1.165, 1.54) is 12.8 Å².